The number of rotatable bonds is 7. The lowest BCUT2D eigenvalue weighted by molar-refractivity contribution is -0.114. The highest BCUT2D eigenvalue weighted by Crippen LogP contribution is 2.41. The highest BCUT2D eigenvalue weighted by Gasteiger charge is 2.21. The molecule has 3 aromatic rings. The number of amides is 1. The number of hydrogen-bond acceptors (Lipinski definition) is 3. The first kappa shape index (κ1) is 25.7. The van der Waals surface area contributed by atoms with Crippen LogP contribution < -0.4 is 4.72 Å². The minimum atomic E-state index is -3.59. The van der Waals surface area contributed by atoms with Gasteiger partial charge in [-0.3, -0.25) is 4.79 Å². The van der Waals surface area contributed by atoms with Gasteiger partial charge < -0.3 is 0 Å². The minimum absolute atomic E-state index is 0.678. The third-order valence-electron chi connectivity index (χ3n) is 6.17. The molecule has 3 aromatic carbocycles. The van der Waals surface area contributed by atoms with Gasteiger partial charge in [0, 0.05) is 11.1 Å². The van der Waals surface area contributed by atoms with Crippen molar-refractivity contribution in [1.82, 2.24) is 4.72 Å². The molecule has 184 valence electrons. The van der Waals surface area contributed by atoms with Crippen LogP contribution in [-0.4, -0.2) is 20.6 Å². The van der Waals surface area contributed by atoms with Crippen LogP contribution in [0.2, 0.25) is 5.02 Å². The van der Waals surface area contributed by atoms with E-state index in [4.69, 9.17) is 11.6 Å². The van der Waals surface area contributed by atoms with Crippen LogP contribution in [-0.2, 0) is 21.2 Å². The molecule has 0 unspecified atom stereocenters. The van der Waals surface area contributed by atoms with Crippen molar-refractivity contribution < 1.29 is 13.2 Å². The van der Waals surface area contributed by atoms with Gasteiger partial charge in [0.15, 0.2) is 0 Å². The number of aryl methyl sites for hydroxylation is 1. The molecular weight excluding hydrogens is 490 g/mol. The molecule has 0 spiro atoms. The second-order valence-corrected chi connectivity index (χ2v) is 11.1. The van der Waals surface area contributed by atoms with Gasteiger partial charge in [-0.05, 0) is 88.1 Å². The van der Waals surface area contributed by atoms with Gasteiger partial charge in [-0.1, -0.05) is 79.2 Å². The SMILES string of the molecule is CC/C(=C(\C1=Cc2ccccc2C1)c1ccc(/C=C/C(=O)NS(C)(=O)=O)cc1)c1ccc(Cl)cc1C. The molecule has 0 saturated heterocycles. The van der Waals surface area contributed by atoms with E-state index in [1.54, 1.807) is 6.08 Å². The van der Waals surface area contributed by atoms with Gasteiger partial charge >= 0.3 is 0 Å². The van der Waals surface area contributed by atoms with Crippen molar-refractivity contribution in [3.8, 4) is 0 Å². The second-order valence-electron chi connectivity index (χ2n) is 8.91. The Bertz CT molecular complexity index is 1510. The van der Waals surface area contributed by atoms with Gasteiger partial charge in [0.1, 0.15) is 0 Å². The average Bonchev–Trinajstić information content (AvgIpc) is 3.25. The highest BCUT2D eigenvalue weighted by atomic mass is 35.5. The van der Waals surface area contributed by atoms with Crippen molar-refractivity contribution in [3.05, 3.63) is 117 Å². The molecule has 0 bridgehead atoms. The van der Waals surface area contributed by atoms with Crippen molar-refractivity contribution in [2.45, 2.75) is 26.7 Å². The first-order valence-electron chi connectivity index (χ1n) is 11.7. The number of carbonyl (C=O) groups excluding carboxylic acids is 1. The van der Waals surface area contributed by atoms with Gasteiger partial charge in [-0.25, -0.2) is 13.1 Å². The number of nitrogens with one attached hydrogen (secondary N) is 1. The van der Waals surface area contributed by atoms with Crippen LogP contribution in [0, 0.1) is 6.92 Å². The van der Waals surface area contributed by atoms with Crippen LogP contribution in [0.5, 0.6) is 0 Å². The standard InChI is InChI=1S/C30H28ClNO3S/c1-4-27(28-15-14-26(31)17-20(28)2)30(25-18-23-7-5-6-8-24(23)19-25)22-12-9-21(10-13-22)11-16-29(33)32-36(3,34)35/h5-18H,4,19H2,1-3H3,(H,32,33)/b16-11+,30-27+. The van der Waals surface area contributed by atoms with Crippen molar-refractivity contribution >= 4 is 50.8 Å². The fourth-order valence-electron chi connectivity index (χ4n) is 4.61. The average molecular weight is 518 g/mol. The lowest BCUT2D eigenvalue weighted by Gasteiger charge is -2.19. The van der Waals surface area contributed by atoms with Gasteiger partial charge in [0.05, 0.1) is 6.26 Å². The van der Waals surface area contributed by atoms with Gasteiger partial charge in [0.25, 0.3) is 5.91 Å². The molecule has 0 radical (unpaired) electrons. The lowest BCUT2D eigenvalue weighted by Crippen LogP contribution is -2.27. The van der Waals surface area contributed by atoms with Crippen molar-refractivity contribution in [2.75, 3.05) is 6.26 Å². The maximum atomic E-state index is 11.8. The van der Waals surface area contributed by atoms with E-state index in [0.717, 1.165) is 40.8 Å². The van der Waals surface area contributed by atoms with Crippen molar-refractivity contribution in [2.24, 2.45) is 0 Å². The van der Waals surface area contributed by atoms with E-state index in [0.29, 0.717) is 0 Å². The zero-order chi connectivity index (χ0) is 25.9. The predicted molar refractivity (Wildman–Crippen MR) is 150 cm³/mol. The number of carbonyl (C=O) groups is 1. The van der Waals surface area contributed by atoms with Crippen molar-refractivity contribution in [1.29, 1.82) is 0 Å². The Labute approximate surface area is 218 Å². The van der Waals surface area contributed by atoms with Crippen LogP contribution in [0.1, 0.15) is 46.7 Å². The maximum absolute atomic E-state index is 11.8. The molecule has 0 aliphatic heterocycles. The zero-order valence-electron chi connectivity index (χ0n) is 20.5. The smallest absolute Gasteiger partial charge is 0.257 e. The molecule has 1 aliphatic carbocycles. The van der Waals surface area contributed by atoms with Crippen LogP contribution in [0.15, 0.2) is 78.4 Å². The molecule has 4 rings (SSSR count). The lowest BCUT2D eigenvalue weighted by atomic mass is 9.85. The quantitative estimate of drug-likeness (QED) is 0.280. The summed E-state index contributed by atoms with van der Waals surface area (Å²) in [6.45, 7) is 4.26. The molecule has 4 nitrogen and oxygen atoms in total. The fraction of sp³-hybridized carbons (Fsp3) is 0.167. The fourth-order valence-corrected chi connectivity index (χ4v) is 5.27. The van der Waals surface area contributed by atoms with Gasteiger partial charge in [0.2, 0.25) is 10.0 Å². The number of allylic oxidation sites excluding steroid dienone is 3. The normalized spacial score (nSPS) is 13.8. The third kappa shape index (κ3) is 6.04. The van der Waals surface area contributed by atoms with E-state index in [2.05, 4.69) is 50.3 Å². The third-order valence-corrected chi connectivity index (χ3v) is 6.98. The Morgan fingerprint density at radius 2 is 1.78 bits per heavy atom. The molecule has 0 fully saturated rings. The molecule has 1 aliphatic rings. The molecule has 1 N–H and O–H groups in total. The monoisotopic (exact) mass is 517 g/mol. The Balaban J connectivity index is 1.77. The molecule has 0 aromatic heterocycles. The number of benzene rings is 3. The summed E-state index contributed by atoms with van der Waals surface area (Å²) < 4.78 is 24.4. The summed E-state index contributed by atoms with van der Waals surface area (Å²) >= 11 is 6.26. The number of sulfonamides is 1. The van der Waals surface area contributed by atoms with Crippen LogP contribution in [0.25, 0.3) is 23.3 Å². The van der Waals surface area contributed by atoms with Gasteiger partial charge in [-0.15, -0.1) is 0 Å². The van der Waals surface area contributed by atoms with Crippen LogP contribution >= 0.6 is 11.6 Å². The molecular formula is C30H28ClNO3S. The second kappa shape index (κ2) is 10.7. The van der Waals surface area contributed by atoms with E-state index in [1.165, 1.54) is 39.5 Å². The van der Waals surface area contributed by atoms with E-state index in [-0.39, 0.29) is 0 Å². The molecule has 1 amide bonds. The summed E-state index contributed by atoms with van der Waals surface area (Å²) in [5.74, 6) is -0.678. The molecule has 0 atom stereocenters. The number of halogens is 1. The number of hydrogen-bond donors (Lipinski definition) is 1. The predicted octanol–water partition coefficient (Wildman–Crippen LogP) is 6.70. The van der Waals surface area contributed by atoms with Crippen molar-refractivity contribution in [3.63, 3.8) is 0 Å². The molecule has 36 heavy (non-hydrogen) atoms. The topological polar surface area (TPSA) is 63.2 Å². The van der Waals surface area contributed by atoms with Crippen LogP contribution in [0.4, 0.5) is 0 Å². The van der Waals surface area contributed by atoms with E-state index < -0.39 is 15.9 Å². The highest BCUT2D eigenvalue weighted by molar-refractivity contribution is 7.89. The summed E-state index contributed by atoms with van der Waals surface area (Å²) in [6, 6.07) is 22.5. The number of fused-ring (bicyclic) bond motifs is 1. The summed E-state index contributed by atoms with van der Waals surface area (Å²) in [4.78, 5) is 11.8. The summed E-state index contributed by atoms with van der Waals surface area (Å²) in [5, 5.41) is 0.719. The Morgan fingerprint density at radius 1 is 1.06 bits per heavy atom. The first-order valence-corrected chi connectivity index (χ1v) is 14.0. The summed E-state index contributed by atoms with van der Waals surface area (Å²) in [5.41, 5.74) is 10.4. The van der Waals surface area contributed by atoms with Gasteiger partial charge in [-0.2, -0.15) is 0 Å². The van der Waals surface area contributed by atoms with Crippen LogP contribution in [0.3, 0.4) is 0 Å². The first-order chi connectivity index (χ1) is 17.1. The Hall–Kier alpha value is -3.41. The summed E-state index contributed by atoms with van der Waals surface area (Å²) in [7, 11) is -3.59. The molecule has 6 heteroatoms. The Kier molecular flexibility index (Phi) is 7.62. The summed E-state index contributed by atoms with van der Waals surface area (Å²) in [6.07, 6.45) is 7.74. The molecule has 0 heterocycles. The Morgan fingerprint density at radius 3 is 2.42 bits per heavy atom. The molecule has 0 saturated carbocycles. The largest absolute Gasteiger partial charge is 0.269 e. The zero-order valence-corrected chi connectivity index (χ0v) is 22.1. The minimum Gasteiger partial charge on any atom is -0.269 e. The maximum Gasteiger partial charge on any atom is 0.257 e. The van der Waals surface area contributed by atoms with E-state index >= 15 is 0 Å². The van der Waals surface area contributed by atoms with E-state index in [1.807, 2.05) is 41.1 Å². The van der Waals surface area contributed by atoms with E-state index in [9.17, 15) is 13.2 Å².